The van der Waals surface area contributed by atoms with Crippen LogP contribution in [0.25, 0.3) is 0 Å². The van der Waals surface area contributed by atoms with Gasteiger partial charge in [0.1, 0.15) is 12.4 Å². The second-order valence-electron chi connectivity index (χ2n) is 4.36. The lowest BCUT2D eigenvalue weighted by Gasteiger charge is -2.13. The van der Waals surface area contributed by atoms with Crippen LogP contribution in [-0.2, 0) is 0 Å². The Hall–Kier alpha value is -0.910. The van der Waals surface area contributed by atoms with Crippen molar-refractivity contribution in [2.75, 3.05) is 30.5 Å². The van der Waals surface area contributed by atoms with Crippen LogP contribution in [0.3, 0.4) is 0 Å². The first-order valence-electron chi connectivity index (χ1n) is 5.96. The lowest BCUT2D eigenvalue weighted by Crippen LogP contribution is -2.21. The van der Waals surface area contributed by atoms with Crippen molar-refractivity contribution in [2.24, 2.45) is 5.92 Å². The van der Waals surface area contributed by atoms with Crippen molar-refractivity contribution in [1.29, 1.82) is 0 Å². The zero-order chi connectivity index (χ0) is 13.4. The molecule has 0 saturated carbocycles. The predicted octanol–water partition coefficient (Wildman–Crippen LogP) is 1.37. The number of benzene rings is 1. The monoisotopic (exact) mass is 271 g/mol. The minimum atomic E-state index is -0.512. The first kappa shape index (κ1) is 15.1. The lowest BCUT2D eigenvalue weighted by molar-refractivity contribution is 0.126. The Labute approximate surface area is 112 Å². The minimum Gasteiger partial charge on any atom is -0.491 e. The summed E-state index contributed by atoms with van der Waals surface area (Å²) in [5, 5.41) is 18.6. The average Bonchev–Trinajstić information content (AvgIpc) is 2.36. The molecule has 0 fully saturated rings. The van der Waals surface area contributed by atoms with Crippen LogP contribution in [0.4, 0.5) is 5.69 Å². The third-order valence-corrected chi connectivity index (χ3v) is 3.75. The Balaban J connectivity index is 2.19. The highest BCUT2D eigenvalue weighted by atomic mass is 32.2. The SMILES string of the molecule is CC(CO)CSCC(O)COc1cccc(N)c1. The van der Waals surface area contributed by atoms with Gasteiger partial charge in [-0.2, -0.15) is 11.8 Å². The number of thioether (sulfide) groups is 1. The van der Waals surface area contributed by atoms with E-state index in [1.165, 1.54) is 0 Å². The summed E-state index contributed by atoms with van der Waals surface area (Å²) in [5.41, 5.74) is 6.27. The molecule has 2 atom stereocenters. The Morgan fingerprint density at radius 1 is 1.39 bits per heavy atom. The maximum atomic E-state index is 9.73. The third kappa shape index (κ3) is 6.14. The topological polar surface area (TPSA) is 75.7 Å². The molecule has 0 amide bonds. The van der Waals surface area contributed by atoms with Crippen LogP contribution in [0, 0.1) is 5.92 Å². The van der Waals surface area contributed by atoms with E-state index in [-0.39, 0.29) is 19.1 Å². The van der Waals surface area contributed by atoms with Crippen LogP contribution in [0.2, 0.25) is 0 Å². The second kappa shape index (κ2) is 8.24. The number of rotatable bonds is 8. The molecule has 1 rings (SSSR count). The molecule has 18 heavy (non-hydrogen) atoms. The summed E-state index contributed by atoms with van der Waals surface area (Å²) in [6.45, 7) is 2.41. The first-order chi connectivity index (χ1) is 8.61. The molecule has 4 nitrogen and oxygen atoms in total. The van der Waals surface area contributed by atoms with Gasteiger partial charge < -0.3 is 20.7 Å². The number of ether oxygens (including phenoxy) is 1. The molecule has 2 unspecified atom stereocenters. The van der Waals surface area contributed by atoms with E-state index in [1.807, 2.05) is 19.1 Å². The van der Waals surface area contributed by atoms with Crippen molar-refractivity contribution >= 4 is 17.4 Å². The quantitative estimate of drug-likeness (QED) is 0.623. The average molecular weight is 271 g/mol. The fourth-order valence-corrected chi connectivity index (χ4v) is 2.31. The van der Waals surface area contributed by atoms with E-state index in [1.54, 1.807) is 23.9 Å². The van der Waals surface area contributed by atoms with Gasteiger partial charge in [0.25, 0.3) is 0 Å². The lowest BCUT2D eigenvalue weighted by atomic mass is 10.2. The zero-order valence-electron chi connectivity index (χ0n) is 10.6. The number of nitrogen functional groups attached to an aromatic ring is 1. The Kier molecular flexibility index (Phi) is 6.93. The molecule has 0 aliphatic rings. The van der Waals surface area contributed by atoms with Gasteiger partial charge in [-0.25, -0.2) is 0 Å². The van der Waals surface area contributed by atoms with Crippen LogP contribution in [0.1, 0.15) is 6.92 Å². The smallest absolute Gasteiger partial charge is 0.121 e. The van der Waals surface area contributed by atoms with Crippen LogP contribution in [0.15, 0.2) is 24.3 Å². The standard InChI is InChI=1S/C13H21NO3S/c1-10(6-15)8-18-9-12(16)7-17-13-4-2-3-11(14)5-13/h2-5,10,12,15-16H,6-9,14H2,1H3. The summed E-state index contributed by atoms with van der Waals surface area (Å²) < 4.78 is 5.44. The number of nitrogens with two attached hydrogens (primary N) is 1. The van der Waals surface area contributed by atoms with Crippen molar-refractivity contribution in [1.82, 2.24) is 0 Å². The number of hydrogen-bond donors (Lipinski definition) is 3. The fraction of sp³-hybridized carbons (Fsp3) is 0.538. The number of hydrogen-bond acceptors (Lipinski definition) is 5. The Bertz CT molecular complexity index is 349. The van der Waals surface area contributed by atoms with Crippen molar-refractivity contribution < 1.29 is 14.9 Å². The molecule has 0 spiro atoms. The molecule has 102 valence electrons. The Morgan fingerprint density at radius 3 is 2.83 bits per heavy atom. The molecule has 0 aromatic heterocycles. The van der Waals surface area contributed by atoms with Gasteiger partial charge in [0.15, 0.2) is 0 Å². The minimum absolute atomic E-state index is 0.183. The van der Waals surface area contributed by atoms with Gasteiger partial charge >= 0.3 is 0 Å². The van der Waals surface area contributed by atoms with E-state index in [0.717, 1.165) is 5.75 Å². The highest BCUT2D eigenvalue weighted by Crippen LogP contribution is 2.15. The van der Waals surface area contributed by atoms with E-state index in [2.05, 4.69) is 0 Å². The molecule has 4 N–H and O–H groups in total. The van der Waals surface area contributed by atoms with Crippen molar-refractivity contribution in [2.45, 2.75) is 13.0 Å². The number of aliphatic hydroxyl groups is 2. The molecule has 0 bridgehead atoms. The third-order valence-electron chi connectivity index (χ3n) is 2.32. The van der Waals surface area contributed by atoms with E-state index in [0.29, 0.717) is 17.2 Å². The summed E-state index contributed by atoms with van der Waals surface area (Å²) in [5.74, 6) is 2.37. The maximum absolute atomic E-state index is 9.73. The highest BCUT2D eigenvalue weighted by Gasteiger charge is 2.07. The number of anilines is 1. The molecule has 0 radical (unpaired) electrons. The van der Waals surface area contributed by atoms with E-state index in [4.69, 9.17) is 15.6 Å². The zero-order valence-corrected chi connectivity index (χ0v) is 11.4. The van der Waals surface area contributed by atoms with Gasteiger partial charge in [0, 0.05) is 24.1 Å². The maximum Gasteiger partial charge on any atom is 0.121 e. The molecular formula is C13H21NO3S. The van der Waals surface area contributed by atoms with Crippen LogP contribution in [-0.4, -0.2) is 41.0 Å². The molecule has 0 heterocycles. The summed E-state index contributed by atoms with van der Waals surface area (Å²) >= 11 is 1.62. The van der Waals surface area contributed by atoms with Gasteiger partial charge in [-0.15, -0.1) is 0 Å². The van der Waals surface area contributed by atoms with E-state index >= 15 is 0 Å². The summed E-state index contributed by atoms with van der Waals surface area (Å²) in [6, 6.07) is 7.14. The fourth-order valence-electron chi connectivity index (χ4n) is 1.30. The van der Waals surface area contributed by atoms with Crippen LogP contribution >= 0.6 is 11.8 Å². The normalized spacial score (nSPS) is 14.2. The first-order valence-corrected chi connectivity index (χ1v) is 7.12. The molecule has 1 aromatic carbocycles. The van der Waals surface area contributed by atoms with Crippen molar-refractivity contribution in [3.05, 3.63) is 24.3 Å². The van der Waals surface area contributed by atoms with Gasteiger partial charge in [0.2, 0.25) is 0 Å². The summed E-state index contributed by atoms with van der Waals surface area (Å²) in [4.78, 5) is 0. The predicted molar refractivity (Wildman–Crippen MR) is 75.9 cm³/mol. The molecule has 0 saturated heterocycles. The van der Waals surface area contributed by atoms with Crippen molar-refractivity contribution in [3.63, 3.8) is 0 Å². The van der Waals surface area contributed by atoms with Gasteiger partial charge in [-0.05, 0) is 23.8 Å². The van der Waals surface area contributed by atoms with Crippen LogP contribution in [0.5, 0.6) is 5.75 Å². The summed E-state index contributed by atoms with van der Waals surface area (Å²) in [6.07, 6.45) is -0.512. The summed E-state index contributed by atoms with van der Waals surface area (Å²) in [7, 11) is 0. The second-order valence-corrected chi connectivity index (χ2v) is 5.44. The van der Waals surface area contributed by atoms with Gasteiger partial charge in [-0.1, -0.05) is 13.0 Å². The number of aliphatic hydroxyl groups excluding tert-OH is 2. The van der Waals surface area contributed by atoms with Gasteiger partial charge in [0.05, 0.1) is 6.10 Å². The van der Waals surface area contributed by atoms with E-state index in [9.17, 15) is 5.11 Å². The highest BCUT2D eigenvalue weighted by molar-refractivity contribution is 7.99. The van der Waals surface area contributed by atoms with E-state index < -0.39 is 6.10 Å². The molecule has 0 aliphatic carbocycles. The van der Waals surface area contributed by atoms with Gasteiger partial charge in [-0.3, -0.25) is 0 Å². The van der Waals surface area contributed by atoms with Crippen LogP contribution < -0.4 is 10.5 Å². The molecule has 5 heteroatoms. The van der Waals surface area contributed by atoms with Crippen molar-refractivity contribution in [3.8, 4) is 5.75 Å². The Morgan fingerprint density at radius 2 is 2.17 bits per heavy atom. The largest absolute Gasteiger partial charge is 0.491 e. The molecule has 0 aliphatic heterocycles. The molecular weight excluding hydrogens is 250 g/mol. The molecule has 1 aromatic rings.